The van der Waals surface area contributed by atoms with Crippen molar-refractivity contribution in [3.05, 3.63) is 17.5 Å². The van der Waals surface area contributed by atoms with Gasteiger partial charge < -0.3 is 10.2 Å². The van der Waals surface area contributed by atoms with Crippen molar-refractivity contribution >= 4 is 11.8 Å². The number of rotatable bonds is 5. The van der Waals surface area contributed by atoms with Crippen LogP contribution in [-0.4, -0.2) is 63.6 Å². The molecule has 4 rings (SSSR count). The van der Waals surface area contributed by atoms with Crippen LogP contribution in [0.5, 0.6) is 0 Å². The Morgan fingerprint density at radius 2 is 1.97 bits per heavy atom. The van der Waals surface area contributed by atoms with E-state index in [1.807, 2.05) is 17.9 Å². The molecule has 1 spiro atoms. The fourth-order valence-corrected chi connectivity index (χ4v) is 5.50. The molecule has 3 heterocycles. The van der Waals surface area contributed by atoms with Crippen LogP contribution >= 0.6 is 0 Å². The zero-order valence-electron chi connectivity index (χ0n) is 18.1. The van der Waals surface area contributed by atoms with Crippen molar-refractivity contribution in [2.24, 2.45) is 5.41 Å². The van der Waals surface area contributed by atoms with Crippen LogP contribution in [0.25, 0.3) is 0 Å². The van der Waals surface area contributed by atoms with Crippen LogP contribution in [0.3, 0.4) is 0 Å². The lowest BCUT2D eigenvalue weighted by atomic mass is 9.76. The molecule has 160 valence electrons. The Labute approximate surface area is 173 Å². The molecule has 3 fully saturated rings. The number of likely N-dealkylation sites (N-methyl/N-ethyl adjacent to an activating group) is 1. The van der Waals surface area contributed by atoms with Gasteiger partial charge in [-0.1, -0.05) is 12.8 Å². The Morgan fingerprint density at radius 3 is 2.59 bits per heavy atom. The smallest absolute Gasteiger partial charge is 0.243 e. The van der Waals surface area contributed by atoms with Gasteiger partial charge in [0.1, 0.15) is 6.04 Å². The van der Waals surface area contributed by atoms with Gasteiger partial charge in [-0.25, -0.2) is 0 Å². The molecule has 1 aromatic rings. The van der Waals surface area contributed by atoms with Crippen molar-refractivity contribution in [2.45, 2.75) is 84.0 Å². The van der Waals surface area contributed by atoms with Crippen molar-refractivity contribution in [2.75, 3.05) is 20.1 Å². The first kappa shape index (κ1) is 20.4. The second kappa shape index (κ2) is 8.09. The maximum atomic E-state index is 13.1. The number of aromatic nitrogens is 2. The molecular formula is C22H35N5O2. The molecule has 2 saturated heterocycles. The first-order valence-corrected chi connectivity index (χ1v) is 11.2. The summed E-state index contributed by atoms with van der Waals surface area (Å²) in [6, 6.07) is -0.00337. The minimum absolute atomic E-state index is 0.0506. The van der Waals surface area contributed by atoms with E-state index in [0.717, 1.165) is 51.9 Å². The number of nitrogens with one attached hydrogen (secondary N) is 1. The topological polar surface area (TPSA) is 70.5 Å². The van der Waals surface area contributed by atoms with Gasteiger partial charge in [0.2, 0.25) is 11.8 Å². The summed E-state index contributed by atoms with van der Waals surface area (Å²) in [5.74, 6) is 0.216. The van der Waals surface area contributed by atoms with Gasteiger partial charge >= 0.3 is 0 Å². The van der Waals surface area contributed by atoms with E-state index in [9.17, 15) is 9.59 Å². The normalized spacial score (nSPS) is 25.3. The Kier molecular flexibility index (Phi) is 5.69. The number of likely N-dealkylation sites (tertiary alicyclic amines) is 2. The molecule has 0 aromatic carbocycles. The molecule has 2 aliphatic heterocycles. The van der Waals surface area contributed by atoms with Gasteiger partial charge in [0.05, 0.1) is 11.6 Å². The number of hydrogen-bond donors (Lipinski definition) is 1. The van der Waals surface area contributed by atoms with Crippen LogP contribution in [-0.2, 0) is 22.7 Å². The van der Waals surface area contributed by atoms with Crippen LogP contribution in [0.15, 0.2) is 6.20 Å². The predicted molar refractivity (Wildman–Crippen MR) is 111 cm³/mol. The lowest BCUT2D eigenvalue weighted by Crippen LogP contribution is -2.46. The van der Waals surface area contributed by atoms with Crippen molar-refractivity contribution < 1.29 is 9.59 Å². The summed E-state index contributed by atoms with van der Waals surface area (Å²) < 4.78 is 2.03. The molecule has 0 bridgehead atoms. The number of carbonyl (C=O) groups excluding carboxylic acids is 2. The Balaban J connectivity index is 1.36. The molecule has 1 aliphatic carbocycles. The average Bonchev–Trinajstić information content (AvgIpc) is 3.41. The van der Waals surface area contributed by atoms with Crippen molar-refractivity contribution in [1.82, 2.24) is 24.9 Å². The van der Waals surface area contributed by atoms with Crippen LogP contribution < -0.4 is 5.32 Å². The Hall–Kier alpha value is -1.89. The summed E-state index contributed by atoms with van der Waals surface area (Å²) in [4.78, 5) is 30.1. The molecule has 0 unspecified atom stereocenters. The van der Waals surface area contributed by atoms with Crippen LogP contribution in [0, 0.1) is 12.3 Å². The molecule has 7 heteroatoms. The molecule has 3 aliphatic rings. The quantitative estimate of drug-likeness (QED) is 0.820. The second-order valence-electron chi connectivity index (χ2n) is 9.25. The number of nitrogens with zero attached hydrogens (tertiary/aromatic N) is 4. The number of piperidine rings is 1. The highest BCUT2D eigenvalue weighted by Gasteiger charge is 2.53. The van der Waals surface area contributed by atoms with E-state index in [1.54, 1.807) is 4.90 Å². The molecule has 1 atom stereocenters. The summed E-state index contributed by atoms with van der Waals surface area (Å²) in [6.45, 7) is 7.80. The van der Waals surface area contributed by atoms with E-state index < -0.39 is 0 Å². The molecule has 1 saturated carbocycles. The van der Waals surface area contributed by atoms with Gasteiger partial charge in [-0.15, -0.1) is 0 Å². The zero-order chi connectivity index (χ0) is 20.6. The van der Waals surface area contributed by atoms with Crippen molar-refractivity contribution in [1.29, 1.82) is 0 Å². The number of amides is 2. The van der Waals surface area contributed by atoms with Gasteiger partial charge in [-0.3, -0.25) is 19.2 Å². The van der Waals surface area contributed by atoms with Gasteiger partial charge in [0, 0.05) is 37.4 Å². The van der Waals surface area contributed by atoms with E-state index in [2.05, 4.69) is 29.2 Å². The highest BCUT2D eigenvalue weighted by atomic mass is 16.2. The fourth-order valence-electron chi connectivity index (χ4n) is 5.50. The third-order valence-electron chi connectivity index (χ3n) is 7.54. The molecule has 0 radical (unpaired) electrons. The minimum Gasteiger partial charge on any atom is -0.352 e. The number of carbonyl (C=O) groups is 2. The number of aryl methyl sites for hydroxylation is 1. The summed E-state index contributed by atoms with van der Waals surface area (Å²) in [6.07, 6.45) is 8.85. The Bertz CT molecular complexity index is 759. The zero-order valence-corrected chi connectivity index (χ0v) is 18.1. The molecule has 7 nitrogen and oxygen atoms in total. The van der Waals surface area contributed by atoms with Crippen LogP contribution in [0.4, 0.5) is 0 Å². The maximum Gasteiger partial charge on any atom is 0.243 e. The fraction of sp³-hybridized carbons (Fsp3) is 0.773. The minimum atomic E-state index is -0.356. The SMILES string of the molecule is CCn1ncc(CN2CCC3(CC2)C[C@@H](C(=O)NC2CCCC2)N(C)C3=O)c1C. The highest BCUT2D eigenvalue weighted by Crippen LogP contribution is 2.44. The number of hydrogen-bond acceptors (Lipinski definition) is 4. The lowest BCUT2D eigenvalue weighted by Gasteiger charge is -2.37. The first-order chi connectivity index (χ1) is 13.9. The van der Waals surface area contributed by atoms with Gasteiger partial charge in [0.25, 0.3) is 0 Å². The Morgan fingerprint density at radius 1 is 1.28 bits per heavy atom. The van der Waals surface area contributed by atoms with E-state index in [0.29, 0.717) is 12.5 Å². The third-order valence-corrected chi connectivity index (χ3v) is 7.54. The molecular weight excluding hydrogens is 366 g/mol. The second-order valence-corrected chi connectivity index (χ2v) is 9.25. The monoisotopic (exact) mass is 401 g/mol. The van der Waals surface area contributed by atoms with E-state index in [-0.39, 0.29) is 23.3 Å². The van der Waals surface area contributed by atoms with Crippen LogP contribution in [0.2, 0.25) is 0 Å². The average molecular weight is 402 g/mol. The van der Waals surface area contributed by atoms with Crippen LogP contribution in [0.1, 0.15) is 63.1 Å². The van der Waals surface area contributed by atoms with E-state index in [1.165, 1.54) is 24.1 Å². The maximum absolute atomic E-state index is 13.1. The predicted octanol–water partition coefficient (Wildman–Crippen LogP) is 2.08. The first-order valence-electron chi connectivity index (χ1n) is 11.2. The molecule has 29 heavy (non-hydrogen) atoms. The molecule has 1 aromatic heterocycles. The molecule has 1 N–H and O–H groups in total. The summed E-state index contributed by atoms with van der Waals surface area (Å²) in [5, 5.41) is 7.65. The van der Waals surface area contributed by atoms with E-state index in [4.69, 9.17) is 0 Å². The third kappa shape index (κ3) is 3.81. The largest absolute Gasteiger partial charge is 0.352 e. The van der Waals surface area contributed by atoms with Crippen molar-refractivity contribution in [3.8, 4) is 0 Å². The summed E-state index contributed by atoms with van der Waals surface area (Å²) >= 11 is 0. The van der Waals surface area contributed by atoms with Gasteiger partial charge in [-0.05, 0) is 59.0 Å². The van der Waals surface area contributed by atoms with E-state index >= 15 is 0 Å². The highest BCUT2D eigenvalue weighted by molar-refractivity contribution is 5.94. The summed E-state index contributed by atoms with van der Waals surface area (Å²) in [7, 11) is 1.81. The van der Waals surface area contributed by atoms with Gasteiger partial charge in [0.15, 0.2) is 0 Å². The van der Waals surface area contributed by atoms with Gasteiger partial charge in [-0.2, -0.15) is 5.10 Å². The summed E-state index contributed by atoms with van der Waals surface area (Å²) in [5.41, 5.74) is 2.14. The molecule has 2 amide bonds. The standard InChI is InChI=1S/C22H35N5O2/c1-4-27-16(2)17(14-23-27)15-26-11-9-22(10-12-26)13-19(25(3)21(22)29)20(28)24-18-7-5-6-8-18/h14,18-19H,4-13,15H2,1-3H3,(H,24,28)/t19-/m0/s1. The van der Waals surface area contributed by atoms with Crippen molar-refractivity contribution in [3.63, 3.8) is 0 Å². The lowest BCUT2D eigenvalue weighted by molar-refractivity contribution is -0.140.